The SMILES string of the molecule is CNC(=O)CCCNC(=O)c1cnc(C23CC4CC(CC(C4)C2)C3)[nH]c1=O. The Morgan fingerprint density at radius 3 is 2.37 bits per heavy atom. The van der Waals surface area contributed by atoms with Gasteiger partial charge in [-0.15, -0.1) is 0 Å². The molecule has 0 aliphatic heterocycles. The summed E-state index contributed by atoms with van der Waals surface area (Å²) in [6.45, 7) is 0.350. The average molecular weight is 372 g/mol. The van der Waals surface area contributed by atoms with Crippen LogP contribution in [0.3, 0.4) is 0 Å². The van der Waals surface area contributed by atoms with Crippen LogP contribution in [0.2, 0.25) is 0 Å². The highest BCUT2D eigenvalue weighted by molar-refractivity contribution is 5.93. The van der Waals surface area contributed by atoms with E-state index in [2.05, 4.69) is 20.6 Å². The minimum Gasteiger partial charge on any atom is -0.359 e. The van der Waals surface area contributed by atoms with Gasteiger partial charge in [0.15, 0.2) is 0 Å². The number of nitrogens with one attached hydrogen (secondary N) is 3. The Morgan fingerprint density at radius 2 is 1.81 bits per heavy atom. The van der Waals surface area contributed by atoms with Crippen molar-refractivity contribution in [2.24, 2.45) is 17.8 Å². The maximum atomic E-state index is 12.5. The molecule has 146 valence electrons. The smallest absolute Gasteiger partial charge is 0.263 e. The summed E-state index contributed by atoms with van der Waals surface area (Å²) in [6.07, 6.45) is 9.66. The Morgan fingerprint density at radius 1 is 1.19 bits per heavy atom. The molecule has 4 bridgehead atoms. The van der Waals surface area contributed by atoms with Crippen molar-refractivity contribution in [1.82, 2.24) is 20.6 Å². The van der Waals surface area contributed by atoms with E-state index in [1.165, 1.54) is 25.5 Å². The van der Waals surface area contributed by atoms with Crippen LogP contribution in [0.25, 0.3) is 0 Å². The van der Waals surface area contributed by atoms with Gasteiger partial charge in [-0.25, -0.2) is 4.98 Å². The van der Waals surface area contributed by atoms with Crippen LogP contribution in [0.15, 0.2) is 11.0 Å². The first-order chi connectivity index (χ1) is 13.0. The molecule has 5 rings (SSSR count). The lowest BCUT2D eigenvalue weighted by molar-refractivity contribution is -0.120. The van der Waals surface area contributed by atoms with Gasteiger partial charge >= 0.3 is 0 Å². The predicted octanol–water partition coefficient (Wildman–Crippen LogP) is 1.49. The minimum atomic E-state index is -0.433. The molecule has 0 unspecified atom stereocenters. The highest BCUT2D eigenvalue weighted by Gasteiger charge is 2.52. The van der Waals surface area contributed by atoms with Crippen LogP contribution < -0.4 is 16.2 Å². The Labute approximate surface area is 158 Å². The van der Waals surface area contributed by atoms with E-state index in [0.717, 1.165) is 42.8 Å². The van der Waals surface area contributed by atoms with Gasteiger partial charge in [-0.05, 0) is 62.7 Å². The molecule has 7 nitrogen and oxygen atoms in total. The fourth-order valence-electron chi connectivity index (χ4n) is 5.90. The van der Waals surface area contributed by atoms with E-state index in [0.29, 0.717) is 19.4 Å². The fourth-order valence-corrected chi connectivity index (χ4v) is 5.90. The third kappa shape index (κ3) is 3.51. The van der Waals surface area contributed by atoms with Gasteiger partial charge in [0, 0.05) is 31.6 Å². The minimum absolute atomic E-state index is 0.0103. The van der Waals surface area contributed by atoms with Gasteiger partial charge in [0.2, 0.25) is 5.91 Å². The lowest BCUT2D eigenvalue weighted by Gasteiger charge is -2.56. The Bertz CT molecular complexity index is 765. The molecule has 1 aromatic rings. The van der Waals surface area contributed by atoms with Crippen molar-refractivity contribution in [3.05, 3.63) is 27.9 Å². The molecule has 0 atom stereocenters. The lowest BCUT2D eigenvalue weighted by atomic mass is 9.49. The Balaban J connectivity index is 1.43. The molecule has 0 aromatic carbocycles. The maximum Gasteiger partial charge on any atom is 0.263 e. The van der Waals surface area contributed by atoms with E-state index < -0.39 is 5.91 Å². The van der Waals surface area contributed by atoms with E-state index in [9.17, 15) is 14.4 Å². The van der Waals surface area contributed by atoms with Crippen molar-refractivity contribution in [1.29, 1.82) is 0 Å². The highest BCUT2D eigenvalue weighted by Crippen LogP contribution is 2.59. The molecule has 0 saturated heterocycles. The third-order valence-electron chi connectivity index (χ3n) is 6.73. The summed E-state index contributed by atoms with van der Waals surface area (Å²) < 4.78 is 0. The van der Waals surface area contributed by atoms with Crippen LogP contribution in [0, 0.1) is 17.8 Å². The molecule has 7 heteroatoms. The van der Waals surface area contributed by atoms with Gasteiger partial charge in [-0.2, -0.15) is 0 Å². The van der Waals surface area contributed by atoms with E-state index in [4.69, 9.17) is 0 Å². The van der Waals surface area contributed by atoms with Gasteiger partial charge in [0.1, 0.15) is 11.4 Å². The largest absolute Gasteiger partial charge is 0.359 e. The van der Waals surface area contributed by atoms with Gasteiger partial charge in [-0.3, -0.25) is 14.4 Å². The van der Waals surface area contributed by atoms with Crippen molar-refractivity contribution < 1.29 is 9.59 Å². The first-order valence-electron chi connectivity index (χ1n) is 10.1. The van der Waals surface area contributed by atoms with Crippen molar-refractivity contribution in [3.63, 3.8) is 0 Å². The number of aromatic amines is 1. The molecule has 0 radical (unpaired) electrons. The van der Waals surface area contributed by atoms with Crippen LogP contribution in [0.1, 0.15) is 67.5 Å². The summed E-state index contributed by atoms with van der Waals surface area (Å²) in [7, 11) is 1.58. The summed E-state index contributed by atoms with van der Waals surface area (Å²) in [5.74, 6) is 2.59. The molecule has 1 aromatic heterocycles. The van der Waals surface area contributed by atoms with Crippen LogP contribution >= 0.6 is 0 Å². The number of rotatable bonds is 6. The fraction of sp³-hybridized carbons (Fsp3) is 0.700. The summed E-state index contributed by atoms with van der Waals surface area (Å²) in [6, 6.07) is 0. The highest BCUT2D eigenvalue weighted by atomic mass is 16.2. The van der Waals surface area contributed by atoms with Crippen LogP contribution in [-0.2, 0) is 10.2 Å². The van der Waals surface area contributed by atoms with Crippen molar-refractivity contribution >= 4 is 11.8 Å². The van der Waals surface area contributed by atoms with Crippen LogP contribution in [0.5, 0.6) is 0 Å². The molecule has 4 aliphatic carbocycles. The van der Waals surface area contributed by atoms with Gasteiger partial charge in [0.25, 0.3) is 11.5 Å². The van der Waals surface area contributed by atoms with Gasteiger partial charge in [0.05, 0.1) is 0 Å². The number of aromatic nitrogens is 2. The van der Waals surface area contributed by atoms with E-state index in [1.54, 1.807) is 7.05 Å². The summed E-state index contributed by atoms with van der Waals surface area (Å²) >= 11 is 0. The number of nitrogens with zero attached hydrogens (tertiary/aromatic N) is 1. The Hall–Kier alpha value is -2.18. The van der Waals surface area contributed by atoms with Crippen molar-refractivity contribution in [3.8, 4) is 0 Å². The summed E-state index contributed by atoms with van der Waals surface area (Å²) in [5, 5.41) is 5.23. The van der Waals surface area contributed by atoms with Crippen LogP contribution in [-0.4, -0.2) is 35.4 Å². The first-order valence-corrected chi connectivity index (χ1v) is 10.1. The van der Waals surface area contributed by atoms with Crippen molar-refractivity contribution in [2.75, 3.05) is 13.6 Å². The lowest BCUT2D eigenvalue weighted by Crippen LogP contribution is -2.50. The second-order valence-electron chi connectivity index (χ2n) is 8.71. The number of hydrogen-bond acceptors (Lipinski definition) is 4. The Kier molecular flexibility index (Phi) is 4.78. The zero-order chi connectivity index (χ0) is 19.0. The second kappa shape index (κ2) is 7.09. The molecule has 2 amide bonds. The summed E-state index contributed by atoms with van der Waals surface area (Å²) in [4.78, 5) is 43.5. The van der Waals surface area contributed by atoms with E-state index in [-0.39, 0.29) is 22.4 Å². The molecular formula is C20H28N4O3. The predicted molar refractivity (Wildman–Crippen MR) is 100 cm³/mol. The first kappa shape index (κ1) is 18.2. The number of hydrogen-bond donors (Lipinski definition) is 3. The van der Waals surface area contributed by atoms with E-state index in [1.807, 2.05) is 0 Å². The van der Waals surface area contributed by atoms with Gasteiger partial charge < -0.3 is 15.6 Å². The molecule has 4 aliphatic rings. The maximum absolute atomic E-state index is 12.5. The average Bonchev–Trinajstić information content (AvgIpc) is 2.63. The number of carbonyl (C=O) groups excluding carboxylic acids is 2. The molecule has 4 saturated carbocycles. The standard InChI is InChI=1S/C20H28N4O3/c1-21-16(25)3-2-4-22-17(26)15-11-23-19(24-18(15)27)20-8-12-5-13(9-20)7-14(6-12)10-20/h11-14H,2-10H2,1H3,(H,21,25)(H,22,26)(H,23,24,27). The molecule has 4 fully saturated rings. The van der Waals surface area contributed by atoms with E-state index >= 15 is 0 Å². The molecular weight excluding hydrogens is 344 g/mol. The van der Waals surface area contributed by atoms with Crippen LogP contribution in [0.4, 0.5) is 0 Å². The molecule has 1 heterocycles. The summed E-state index contributed by atoms with van der Waals surface area (Å²) in [5.41, 5.74) is -0.306. The number of H-pyrrole nitrogens is 1. The molecule has 27 heavy (non-hydrogen) atoms. The quantitative estimate of drug-likeness (QED) is 0.658. The monoisotopic (exact) mass is 372 g/mol. The topological polar surface area (TPSA) is 104 Å². The number of carbonyl (C=O) groups is 2. The zero-order valence-electron chi connectivity index (χ0n) is 15.8. The third-order valence-corrected chi connectivity index (χ3v) is 6.73. The normalized spacial score (nSPS) is 30.9. The second-order valence-corrected chi connectivity index (χ2v) is 8.71. The zero-order valence-corrected chi connectivity index (χ0v) is 15.8. The van der Waals surface area contributed by atoms with Crippen molar-refractivity contribution in [2.45, 2.75) is 56.8 Å². The molecule has 0 spiro atoms. The molecule has 3 N–H and O–H groups in total. The van der Waals surface area contributed by atoms with Gasteiger partial charge in [-0.1, -0.05) is 0 Å². The number of amides is 2.